The van der Waals surface area contributed by atoms with Crippen molar-refractivity contribution in [2.45, 2.75) is 24.0 Å². The molecule has 1 saturated heterocycles. The van der Waals surface area contributed by atoms with Gasteiger partial charge in [-0.1, -0.05) is 71.8 Å². The molecule has 10 nitrogen and oxygen atoms in total. The molecule has 3 aromatic rings. The topological polar surface area (TPSA) is 148 Å². The Labute approximate surface area is 205 Å². The van der Waals surface area contributed by atoms with Crippen molar-refractivity contribution < 1.29 is 33.7 Å². The summed E-state index contributed by atoms with van der Waals surface area (Å²) in [4.78, 5) is 41.3. The van der Waals surface area contributed by atoms with Gasteiger partial charge in [-0.2, -0.15) is 0 Å². The summed E-state index contributed by atoms with van der Waals surface area (Å²) in [5.41, 5.74) is 7.59. The number of esters is 2. The van der Waals surface area contributed by atoms with Crippen LogP contribution in [0.3, 0.4) is 0 Å². The van der Waals surface area contributed by atoms with Gasteiger partial charge in [-0.3, -0.25) is 4.79 Å². The molecule has 1 aliphatic rings. The highest BCUT2D eigenvalue weighted by Crippen LogP contribution is 2.37. The highest BCUT2D eigenvalue weighted by molar-refractivity contribution is 6.00. The fraction of sp³-hybridized carbons (Fsp3) is 0.192. The minimum absolute atomic E-state index is 0.174. The Kier molecular flexibility index (Phi) is 7.41. The maximum Gasteiger partial charge on any atom is 0.338 e. The third-order valence-corrected chi connectivity index (χ3v) is 5.61. The molecule has 10 heteroatoms. The number of nitrogens with zero attached hydrogens (tertiary/aromatic N) is 3. The van der Waals surface area contributed by atoms with E-state index in [1.54, 1.807) is 54.6 Å². The zero-order valence-electron chi connectivity index (χ0n) is 18.8. The number of Topliss-reactive ketones (excluding diaryl/α,β-unsaturated/α-hetero) is 1. The van der Waals surface area contributed by atoms with E-state index in [0.717, 1.165) is 0 Å². The number of hydrogen-bond acceptors (Lipinski definition) is 8. The molecule has 0 aromatic heterocycles. The fourth-order valence-electron chi connectivity index (χ4n) is 3.77. The average molecular weight is 487 g/mol. The van der Waals surface area contributed by atoms with Crippen LogP contribution in [0.4, 0.5) is 0 Å². The lowest BCUT2D eigenvalue weighted by molar-refractivity contribution is -0.104. The SMILES string of the molecule is [N-]=[N+]=N[C@]1(COC(=O)c2ccccc2)O[C@@H](C(=O)c2ccccc2)[C@H](OC(=O)c2ccccc2)[C@@H]1O. The summed E-state index contributed by atoms with van der Waals surface area (Å²) in [6.45, 7) is -0.732. The Morgan fingerprint density at radius 3 is 1.89 bits per heavy atom. The summed E-state index contributed by atoms with van der Waals surface area (Å²) in [5.74, 6) is -2.22. The van der Waals surface area contributed by atoms with E-state index in [9.17, 15) is 25.0 Å². The summed E-state index contributed by atoms with van der Waals surface area (Å²) >= 11 is 0. The zero-order valence-corrected chi connectivity index (χ0v) is 18.8. The molecule has 0 radical (unpaired) electrons. The molecule has 1 heterocycles. The van der Waals surface area contributed by atoms with Crippen LogP contribution in [0.5, 0.6) is 0 Å². The Morgan fingerprint density at radius 1 is 0.861 bits per heavy atom. The van der Waals surface area contributed by atoms with Crippen molar-refractivity contribution in [3.8, 4) is 0 Å². The summed E-state index contributed by atoms with van der Waals surface area (Å²) in [7, 11) is 0. The van der Waals surface area contributed by atoms with Crippen LogP contribution >= 0.6 is 0 Å². The van der Waals surface area contributed by atoms with E-state index in [4.69, 9.17) is 14.2 Å². The third-order valence-electron chi connectivity index (χ3n) is 5.61. The first-order chi connectivity index (χ1) is 17.4. The Bertz CT molecular complexity index is 1280. The molecule has 4 rings (SSSR count). The molecular formula is C26H21N3O7. The highest BCUT2D eigenvalue weighted by Gasteiger charge is 2.59. The highest BCUT2D eigenvalue weighted by atomic mass is 16.6. The number of ether oxygens (including phenoxy) is 3. The smallest absolute Gasteiger partial charge is 0.338 e. The molecule has 1 fully saturated rings. The molecule has 3 aromatic carbocycles. The monoisotopic (exact) mass is 487 g/mol. The Balaban J connectivity index is 1.65. The number of hydrogen-bond donors (Lipinski definition) is 1. The predicted molar refractivity (Wildman–Crippen MR) is 126 cm³/mol. The van der Waals surface area contributed by atoms with Gasteiger partial charge in [-0.15, -0.1) is 0 Å². The van der Waals surface area contributed by atoms with Gasteiger partial charge < -0.3 is 19.3 Å². The van der Waals surface area contributed by atoms with Crippen LogP contribution in [0.25, 0.3) is 10.4 Å². The minimum atomic E-state index is -2.23. The van der Waals surface area contributed by atoms with Crippen molar-refractivity contribution in [3.63, 3.8) is 0 Å². The van der Waals surface area contributed by atoms with Crippen LogP contribution in [-0.4, -0.2) is 53.5 Å². The molecule has 36 heavy (non-hydrogen) atoms. The van der Waals surface area contributed by atoms with Crippen molar-refractivity contribution in [3.05, 3.63) is 118 Å². The lowest BCUT2D eigenvalue weighted by Gasteiger charge is -2.26. The van der Waals surface area contributed by atoms with Crippen LogP contribution in [0.2, 0.25) is 0 Å². The molecule has 0 unspecified atom stereocenters. The lowest BCUT2D eigenvalue weighted by Crippen LogP contribution is -2.47. The van der Waals surface area contributed by atoms with E-state index in [2.05, 4.69) is 10.0 Å². The second kappa shape index (κ2) is 10.8. The predicted octanol–water partition coefficient (Wildman–Crippen LogP) is 3.72. The van der Waals surface area contributed by atoms with Gasteiger partial charge in [0.25, 0.3) is 0 Å². The van der Waals surface area contributed by atoms with Gasteiger partial charge in [0.1, 0.15) is 12.7 Å². The molecule has 4 atom stereocenters. The van der Waals surface area contributed by atoms with Crippen LogP contribution < -0.4 is 0 Å². The molecule has 0 spiro atoms. The van der Waals surface area contributed by atoms with Crippen molar-refractivity contribution in [2.24, 2.45) is 5.11 Å². The van der Waals surface area contributed by atoms with Crippen molar-refractivity contribution in [2.75, 3.05) is 6.61 Å². The zero-order chi connectivity index (χ0) is 25.5. The number of ketones is 1. The van der Waals surface area contributed by atoms with E-state index in [0.29, 0.717) is 0 Å². The summed E-state index contributed by atoms with van der Waals surface area (Å²) < 4.78 is 16.5. The molecule has 0 aliphatic carbocycles. The van der Waals surface area contributed by atoms with Gasteiger partial charge in [0, 0.05) is 10.5 Å². The van der Waals surface area contributed by atoms with Crippen molar-refractivity contribution in [1.29, 1.82) is 0 Å². The Hall–Kier alpha value is -4.50. The molecule has 0 saturated carbocycles. The van der Waals surface area contributed by atoms with Gasteiger partial charge in [-0.25, -0.2) is 9.59 Å². The van der Waals surface area contributed by atoms with Crippen LogP contribution in [0.15, 0.2) is 96.1 Å². The van der Waals surface area contributed by atoms with Crippen LogP contribution in [-0.2, 0) is 14.2 Å². The van der Waals surface area contributed by atoms with E-state index in [1.807, 2.05) is 0 Å². The number of azide groups is 1. The number of rotatable bonds is 8. The molecular weight excluding hydrogens is 466 g/mol. The Morgan fingerprint density at radius 2 is 1.36 bits per heavy atom. The first-order valence-corrected chi connectivity index (χ1v) is 10.9. The maximum atomic E-state index is 13.3. The van der Waals surface area contributed by atoms with Gasteiger partial charge in [-0.05, 0) is 29.8 Å². The summed E-state index contributed by atoms with van der Waals surface area (Å²) in [6, 6.07) is 24.0. The fourth-order valence-corrected chi connectivity index (χ4v) is 3.77. The van der Waals surface area contributed by atoms with Crippen LogP contribution in [0, 0.1) is 0 Å². The van der Waals surface area contributed by atoms with Gasteiger partial charge in [0.05, 0.1) is 11.1 Å². The van der Waals surface area contributed by atoms with Gasteiger partial charge in [0.15, 0.2) is 18.0 Å². The van der Waals surface area contributed by atoms with Crippen LogP contribution in [0.1, 0.15) is 31.1 Å². The van der Waals surface area contributed by atoms with Crippen molar-refractivity contribution >= 4 is 17.7 Å². The van der Waals surface area contributed by atoms with E-state index in [-0.39, 0.29) is 16.7 Å². The summed E-state index contributed by atoms with van der Waals surface area (Å²) in [6.07, 6.45) is -4.94. The molecule has 0 bridgehead atoms. The maximum absolute atomic E-state index is 13.3. The minimum Gasteiger partial charge on any atom is -0.459 e. The van der Waals surface area contributed by atoms with E-state index in [1.165, 1.54) is 36.4 Å². The van der Waals surface area contributed by atoms with Gasteiger partial charge >= 0.3 is 11.9 Å². The first kappa shape index (κ1) is 24.6. The molecule has 1 aliphatic heterocycles. The second-order valence-electron chi connectivity index (χ2n) is 7.93. The lowest BCUT2D eigenvalue weighted by atomic mass is 9.98. The molecule has 0 amide bonds. The quantitative estimate of drug-likeness (QED) is 0.167. The van der Waals surface area contributed by atoms with E-state index >= 15 is 0 Å². The summed E-state index contributed by atoms with van der Waals surface area (Å²) in [5, 5.41) is 14.7. The number of aliphatic hydroxyl groups excluding tert-OH is 1. The molecule has 182 valence electrons. The number of carbonyl (C=O) groups is 3. The normalized spacial score (nSPS) is 22.8. The average Bonchev–Trinajstić information content (AvgIpc) is 3.19. The standard InChI is InChI=1S/C26H21N3O7/c27-29-28-26(16-34-24(32)18-12-6-2-7-13-18)23(31)22(35-25(33)19-14-8-3-9-15-19)21(36-26)20(30)17-10-4-1-5-11-17/h1-15,21-23,31H,16H2/t21-,22-,23-,26+/m0/s1. The molecule has 1 N–H and O–H groups in total. The second-order valence-corrected chi connectivity index (χ2v) is 7.93. The van der Waals surface area contributed by atoms with Crippen molar-refractivity contribution in [1.82, 2.24) is 0 Å². The number of aliphatic hydroxyl groups is 1. The van der Waals surface area contributed by atoms with E-state index < -0.39 is 48.4 Å². The first-order valence-electron chi connectivity index (χ1n) is 10.9. The number of benzene rings is 3. The van der Waals surface area contributed by atoms with Gasteiger partial charge in [0.2, 0.25) is 5.72 Å². The third kappa shape index (κ3) is 5.11. The largest absolute Gasteiger partial charge is 0.459 e. The number of carbonyl (C=O) groups excluding carboxylic acids is 3.